The number of rotatable bonds is 4. The van der Waals surface area contributed by atoms with E-state index in [9.17, 15) is 4.79 Å². The van der Waals surface area contributed by atoms with Gasteiger partial charge in [-0.1, -0.05) is 23.7 Å². The van der Waals surface area contributed by atoms with Crippen molar-refractivity contribution in [1.29, 1.82) is 0 Å². The second-order valence-corrected chi connectivity index (χ2v) is 10.4. The highest BCUT2D eigenvalue weighted by atomic mass is 35.5. The average molecular weight is 541 g/mol. The van der Waals surface area contributed by atoms with E-state index >= 15 is 4.39 Å². The largest absolute Gasteiger partial charge is 0.317 e. The van der Waals surface area contributed by atoms with E-state index in [0.717, 1.165) is 23.0 Å². The molecule has 192 valence electrons. The summed E-state index contributed by atoms with van der Waals surface area (Å²) >= 11 is 6.30. The average Bonchev–Trinajstić information content (AvgIpc) is 3.30. The molecule has 1 aliphatic carbocycles. The van der Waals surface area contributed by atoms with Gasteiger partial charge in [0.05, 0.1) is 22.9 Å². The predicted octanol–water partition coefficient (Wildman–Crippen LogP) is 3.96. The zero-order valence-electron chi connectivity index (χ0n) is 20.3. The number of hydrogen-bond acceptors (Lipinski definition) is 7. The molecule has 2 aromatic carbocycles. The number of tetrazole rings is 1. The Bertz CT molecular complexity index is 1990. The topological polar surface area (TPSA) is 136 Å². The quantitative estimate of drug-likeness (QED) is 0.345. The Morgan fingerprint density at radius 3 is 2.87 bits per heavy atom. The van der Waals surface area contributed by atoms with Crippen molar-refractivity contribution in [1.82, 2.24) is 49.9 Å². The molecule has 11 nitrogen and oxygen atoms in total. The van der Waals surface area contributed by atoms with Gasteiger partial charge in [-0.15, -0.1) is 5.10 Å². The van der Waals surface area contributed by atoms with E-state index < -0.39 is 12.0 Å². The van der Waals surface area contributed by atoms with Crippen molar-refractivity contribution >= 4 is 22.5 Å². The zero-order valence-corrected chi connectivity index (χ0v) is 21.1. The van der Waals surface area contributed by atoms with Crippen LogP contribution in [0.25, 0.3) is 39.1 Å². The molecular weight excluding hydrogens is 523 g/mol. The van der Waals surface area contributed by atoms with Crippen molar-refractivity contribution in [2.45, 2.75) is 25.3 Å². The standard InChI is InChI=1S/C26H18ClFN10O/c1-11-14-4-2-12(6-19(14)34-33-11)22-24(28)32-25(31-22)23-15-8-16(15)26-30-18(9-21(39)38(23)26)17-7-13(27)3-5-20(17)37-10-29-35-36-37/h2-7,9-10,15-16,23H,8H2,1H3,(H,31,32)(H,33,34). The van der Waals surface area contributed by atoms with Crippen molar-refractivity contribution in [3.05, 3.63) is 87.5 Å². The first-order valence-electron chi connectivity index (χ1n) is 12.3. The highest BCUT2D eigenvalue weighted by Crippen LogP contribution is 2.60. The monoisotopic (exact) mass is 540 g/mol. The summed E-state index contributed by atoms with van der Waals surface area (Å²) in [7, 11) is 0. The number of hydrogen-bond donors (Lipinski definition) is 2. The maximum absolute atomic E-state index is 15.2. The normalized spacial score (nSPS) is 19.4. The van der Waals surface area contributed by atoms with E-state index in [-0.39, 0.29) is 23.1 Å². The van der Waals surface area contributed by atoms with Crippen molar-refractivity contribution < 1.29 is 4.39 Å². The van der Waals surface area contributed by atoms with Gasteiger partial charge in [-0.25, -0.2) is 9.97 Å². The maximum Gasteiger partial charge on any atom is 0.254 e. The minimum atomic E-state index is -0.551. The molecule has 3 unspecified atom stereocenters. The van der Waals surface area contributed by atoms with E-state index in [1.807, 2.05) is 19.1 Å². The Balaban J connectivity index is 1.21. The van der Waals surface area contributed by atoms with Gasteiger partial charge in [0.2, 0.25) is 5.95 Å². The molecule has 3 atom stereocenters. The Morgan fingerprint density at radius 2 is 2.03 bits per heavy atom. The van der Waals surface area contributed by atoms with Crippen molar-refractivity contribution in [3.63, 3.8) is 0 Å². The van der Waals surface area contributed by atoms with Gasteiger partial charge >= 0.3 is 0 Å². The summed E-state index contributed by atoms with van der Waals surface area (Å²) in [6.07, 6.45) is 2.31. The van der Waals surface area contributed by atoms with Gasteiger partial charge in [0, 0.05) is 39.2 Å². The summed E-state index contributed by atoms with van der Waals surface area (Å²) in [5.74, 6) is 0.694. The Kier molecular flexibility index (Phi) is 4.51. The molecule has 1 saturated carbocycles. The van der Waals surface area contributed by atoms with Crippen LogP contribution in [0.1, 0.15) is 35.7 Å². The number of aromatic amines is 2. The summed E-state index contributed by atoms with van der Waals surface area (Å²) in [4.78, 5) is 25.9. The van der Waals surface area contributed by atoms with E-state index in [4.69, 9.17) is 16.6 Å². The van der Waals surface area contributed by atoms with Crippen LogP contribution in [0.4, 0.5) is 4.39 Å². The highest BCUT2D eigenvalue weighted by Gasteiger charge is 2.55. The van der Waals surface area contributed by atoms with Gasteiger partial charge in [-0.2, -0.15) is 14.2 Å². The molecule has 0 saturated heterocycles. The van der Waals surface area contributed by atoms with Gasteiger partial charge in [0.15, 0.2) is 0 Å². The molecule has 5 heterocycles. The lowest BCUT2D eigenvalue weighted by molar-refractivity contribution is 0.500. The fourth-order valence-corrected chi connectivity index (χ4v) is 5.92. The predicted molar refractivity (Wildman–Crippen MR) is 139 cm³/mol. The Labute approximate surface area is 223 Å². The SMILES string of the molecule is Cc1[nH]nc2cc(-c3nc(C4C5CC5c5nc(-c6cc(Cl)ccc6-n6cnnn6)cc(=O)n54)[nH]c3F)ccc12. The van der Waals surface area contributed by atoms with E-state index in [0.29, 0.717) is 39.2 Å². The molecular formula is C26H18ClFN10O. The molecule has 0 amide bonds. The lowest BCUT2D eigenvalue weighted by atomic mass is 10.1. The molecule has 0 radical (unpaired) electrons. The number of imidazole rings is 1. The second-order valence-electron chi connectivity index (χ2n) is 9.94. The minimum Gasteiger partial charge on any atom is -0.317 e. The molecule has 13 heteroatoms. The summed E-state index contributed by atoms with van der Waals surface area (Å²) in [6, 6.07) is 11.8. The highest BCUT2D eigenvalue weighted by molar-refractivity contribution is 6.31. The van der Waals surface area contributed by atoms with Crippen LogP contribution in [0, 0.1) is 18.8 Å². The Morgan fingerprint density at radius 1 is 1.13 bits per heavy atom. The van der Waals surface area contributed by atoms with Crippen molar-refractivity contribution in [2.24, 2.45) is 5.92 Å². The molecule has 1 fully saturated rings. The van der Waals surface area contributed by atoms with Crippen LogP contribution in [0.15, 0.2) is 53.6 Å². The van der Waals surface area contributed by atoms with Crippen LogP contribution >= 0.6 is 11.6 Å². The zero-order chi connectivity index (χ0) is 26.4. The number of aryl methyl sites for hydroxylation is 1. The van der Waals surface area contributed by atoms with Gasteiger partial charge < -0.3 is 4.98 Å². The number of aromatic nitrogens is 10. The van der Waals surface area contributed by atoms with Crippen molar-refractivity contribution in [3.8, 4) is 28.2 Å². The van der Waals surface area contributed by atoms with Gasteiger partial charge in [0.1, 0.15) is 23.7 Å². The first-order valence-corrected chi connectivity index (χ1v) is 12.7. The van der Waals surface area contributed by atoms with E-state index in [1.165, 1.54) is 17.1 Å². The summed E-state index contributed by atoms with van der Waals surface area (Å²) in [5.41, 5.74) is 3.98. The lowest BCUT2D eigenvalue weighted by Gasteiger charge is -2.16. The smallest absolute Gasteiger partial charge is 0.254 e. The maximum atomic E-state index is 15.2. The second kappa shape index (κ2) is 7.90. The first kappa shape index (κ1) is 22.3. The van der Waals surface area contributed by atoms with Gasteiger partial charge in [-0.05, 0) is 54.0 Å². The van der Waals surface area contributed by atoms with Crippen LogP contribution in [-0.4, -0.2) is 49.9 Å². The first-order chi connectivity index (χ1) is 19.0. The lowest BCUT2D eigenvalue weighted by Crippen LogP contribution is -2.27. The molecule has 0 spiro atoms. The van der Waals surface area contributed by atoms with Crippen LogP contribution in [0.5, 0.6) is 0 Å². The van der Waals surface area contributed by atoms with Crippen molar-refractivity contribution in [2.75, 3.05) is 0 Å². The minimum absolute atomic E-state index is 0.0818. The Hall–Kier alpha value is -4.71. The summed E-state index contributed by atoms with van der Waals surface area (Å²) in [5, 5.41) is 20.1. The molecule has 1 aliphatic heterocycles. The summed E-state index contributed by atoms with van der Waals surface area (Å²) in [6.45, 7) is 1.93. The number of fused-ring (bicyclic) bond motifs is 4. The molecule has 2 aliphatic rings. The number of nitrogens with one attached hydrogen (secondary N) is 2. The van der Waals surface area contributed by atoms with Gasteiger partial charge in [0.25, 0.3) is 5.56 Å². The van der Waals surface area contributed by atoms with E-state index in [1.54, 1.807) is 28.8 Å². The van der Waals surface area contributed by atoms with E-state index in [2.05, 4.69) is 35.7 Å². The molecule has 39 heavy (non-hydrogen) atoms. The number of H-pyrrole nitrogens is 2. The van der Waals surface area contributed by atoms with Crippen LogP contribution in [0.2, 0.25) is 5.02 Å². The fraction of sp³-hybridized carbons (Fsp3) is 0.192. The summed E-state index contributed by atoms with van der Waals surface area (Å²) < 4.78 is 18.3. The van der Waals surface area contributed by atoms with Crippen LogP contribution < -0.4 is 5.56 Å². The molecule has 2 N–H and O–H groups in total. The number of nitrogens with zero attached hydrogens (tertiary/aromatic N) is 8. The third kappa shape index (κ3) is 3.31. The van der Waals surface area contributed by atoms with Crippen LogP contribution in [0.3, 0.4) is 0 Å². The molecule has 0 bridgehead atoms. The third-order valence-corrected chi connectivity index (χ3v) is 7.88. The molecule has 8 rings (SSSR count). The number of benzene rings is 2. The third-order valence-electron chi connectivity index (χ3n) is 7.64. The fourth-order valence-electron chi connectivity index (χ4n) is 5.74. The molecule has 6 aromatic rings. The number of halogens is 2. The molecule has 4 aromatic heterocycles. The van der Waals surface area contributed by atoms with Gasteiger partial charge in [-0.3, -0.25) is 14.5 Å². The van der Waals surface area contributed by atoms with Crippen LogP contribution in [-0.2, 0) is 0 Å².